The summed E-state index contributed by atoms with van der Waals surface area (Å²) in [7, 11) is 0. The average molecular weight is 340 g/mol. The Hall–Kier alpha value is 0.363. The predicted molar refractivity (Wildman–Crippen MR) is 81.8 cm³/mol. The molecule has 0 aromatic carbocycles. The normalized spacial score (nSPS) is 18.4. The number of allylic oxidation sites excluding steroid dienone is 1. The van der Waals surface area contributed by atoms with E-state index in [0.717, 1.165) is 11.8 Å². The Bertz CT molecular complexity index is 142. The average Bonchev–Trinajstić information content (AvgIpc) is 3.05. The molecule has 2 saturated carbocycles. The summed E-state index contributed by atoms with van der Waals surface area (Å²) in [6, 6.07) is 0. The predicted octanol–water partition coefficient (Wildman–Crippen LogP) is 6.24. The van der Waals surface area contributed by atoms with E-state index in [2.05, 4.69) is 26.5 Å². The molecule has 0 saturated heterocycles. The molecule has 0 amide bonds. The Balaban J connectivity index is -0.000000200. The van der Waals surface area contributed by atoms with Crippen LogP contribution in [0.3, 0.4) is 0 Å². The van der Waals surface area contributed by atoms with Gasteiger partial charge < -0.3 is 14.4 Å². The van der Waals surface area contributed by atoms with E-state index < -0.39 is 0 Å². The minimum Gasteiger partial charge on any atom is -0.358 e. The van der Waals surface area contributed by atoms with Gasteiger partial charge in [-0.3, -0.25) is 0 Å². The van der Waals surface area contributed by atoms with Crippen molar-refractivity contribution < 1.29 is 19.5 Å². The second-order valence-corrected chi connectivity index (χ2v) is 4.84. The van der Waals surface area contributed by atoms with Gasteiger partial charge in [-0.25, -0.2) is 0 Å². The maximum absolute atomic E-state index is 3.74. The smallest absolute Gasteiger partial charge is 0.358 e. The number of rotatable bonds is 2. The first-order valence-corrected chi connectivity index (χ1v) is 7.20. The maximum atomic E-state index is 3.74. The molecule has 0 radical (unpaired) electrons. The molecule has 18 heavy (non-hydrogen) atoms. The van der Waals surface area contributed by atoms with Crippen molar-refractivity contribution in [1.29, 1.82) is 0 Å². The molecule has 1 heteroatoms. The van der Waals surface area contributed by atoms with Gasteiger partial charge in [-0.2, -0.15) is 6.92 Å². The van der Waals surface area contributed by atoms with Crippen LogP contribution in [0.1, 0.15) is 71.6 Å². The Morgan fingerprint density at radius 2 is 1.39 bits per heavy atom. The Morgan fingerprint density at radius 3 is 1.61 bits per heavy atom. The van der Waals surface area contributed by atoms with Crippen LogP contribution in [0.15, 0.2) is 12.7 Å². The van der Waals surface area contributed by atoms with E-state index in [0.29, 0.717) is 0 Å². The third kappa shape index (κ3) is 11.5. The molecule has 0 bridgehead atoms. The molecule has 110 valence electrons. The summed E-state index contributed by atoms with van der Waals surface area (Å²) in [5.41, 5.74) is 0. The van der Waals surface area contributed by atoms with Gasteiger partial charge in [-0.05, 0) is 24.7 Å². The van der Waals surface area contributed by atoms with Gasteiger partial charge in [0, 0.05) is 0 Å². The van der Waals surface area contributed by atoms with Crippen molar-refractivity contribution in [3.63, 3.8) is 0 Å². The molecule has 2 aliphatic carbocycles. The Morgan fingerprint density at radius 1 is 1.00 bits per heavy atom. The minimum atomic E-state index is 0. The van der Waals surface area contributed by atoms with E-state index in [-0.39, 0.29) is 26.9 Å². The van der Waals surface area contributed by atoms with Gasteiger partial charge in [0.2, 0.25) is 0 Å². The van der Waals surface area contributed by atoms with E-state index in [1.807, 2.05) is 0 Å². The molecule has 0 heterocycles. The fraction of sp³-hybridized carbons (Fsp3) is 0.765. The maximum Gasteiger partial charge on any atom is 2.00 e. The summed E-state index contributed by atoms with van der Waals surface area (Å²) in [6.45, 7) is 11.0. The topological polar surface area (TPSA) is 0 Å². The van der Waals surface area contributed by atoms with Crippen LogP contribution < -0.4 is 0 Å². The molecule has 0 aliphatic heterocycles. The summed E-state index contributed by atoms with van der Waals surface area (Å²) in [5.74, 6) is 1.96. The van der Waals surface area contributed by atoms with Crippen LogP contribution in [0.5, 0.6) is 0 Å². The minimum absolute atomic E-state index is 0. The molecule has 2 fully saturated rings. The zero-order chi connectivity index (χ0) is 12.2. The molecule has 0 atom stereocenters. The molecule has 0 unspecified atom stereocenters. The molecule has 0 N–H and O–H groups in total. The van der Waals surface area contributed by atoms with Gasteiger partial charge >= 0.3 is 19.5 Å². The largest absolute Gasteiger partial charge is 2.00 e. The second-order valence-electron chi connectivity index (χ2n) is 4.84. The Labute approximate surface area is 130 Å². The van der Waals surface area contributed by atoms with Gasteiger partial charge in [0.15, 0.2) is 0 Å². The van der Waals surface area contributed by atoms with Crippen LogP contribution in [-0.2, 0) is 19.5 Å². The zero-order valence-electron chi connectivity index (χ0n) is 12.9. The standard InChI is InChI=1S/C7H14.C7H12.C2H5.CH3.Ru/c2*1-2-7-5-3-4-6-7;1-2;;/h7H,2-6H2,1H3;2,7H,1,3-6H2;1H2,2H3;1H3;/q;;2*-1;+2. The first kappa shape index (κ1) is 23.5. The molecular weight excluding hydrogens is 305 g/mol. The van der Waals surface area contributed by atoms with Gasteiger partial charge in [0.25, 0.3) is 0 Å². The zero-order valence-corrected chi connectivity index (χ0v) is 14.6. The molecule has 0 nitrogen and oxygen atoms in total. The van der Waals surface area contributed by atoms with Crippen molar-refractivity contribution in [3.05, 3.63) is 27.0 Å². The van der Waals surface area contributed by atoms with Gasteiger partial charge in [0.05, 0.1) is 0 Å². The SMILES string of the molecule is C=CC1CCCC1.CCC1CCCC1.[CH2-]C.[CH3-].[Ru+2]. The van der Waals surface area contributed by atoms with Crippen molar-refractivity contribution in [1.82, 2.24) is 0 Å². The van der Waals surface area contributed by atoms with Crippen molar-refractivity contribution in [2.45, 2.75) is 71.6 Å². The molecule has 0 aromatic rings. The van der Waals surface area contributed by atoms with Gasteiger partial charge in [-0.1, -0.05) is 57.9 Å². The van der Waals surface area contributed by atoms with Gasteiger partial charge in [-0.15, -0.1) is 6.58 Å². The summed E-state index contributed by atoms with van der Waals surface area (Å²) in [6.07, 6.45) is 15.2. The number of hydrogen-bond donors (Lipinski definition) is 0. The van der Waals surface area contributed by atoms with Crippen molar-refractivity contribution >= 4 is 0 Å². The molecule has 0 aromatic heterocycles. The van der Waals surface area contributed by atoms with Crippen LogP contribution in [-0.4, -0.2) is 0 Å². The van der Waals surface area contributed by atoms with E-state index in [1.165, 1.54) is 57.8 Å². The monoisotopic (exact) mass is 340 g/mol. The van der Waals surface area contributed by atoms with Crippen LogP contribution in [0, 0.1) is 26.2 Å². The van der Waals surface area contributed by atoms with Crippen LogP contribution >= 0.6 is 0 Å². The van der Waals surface area contributed by atoms with E-state index in [4.69, 9.17) is 0 Å². The molecule has 0 spiro atoms. The van der Waals surface area contributed by atoms with E-state index >= 15 is 0 Å². The first-order chi connectivity index (χ1) is 7.86. The van der Waals surface area contributed by atoms with Crippen LogP contribution in [0.25, 0.3) is 0 Å². The fourth-order valence-electron chi connectivity index (χ4n) is 2.61. The molecular formula is C17H34Ru. The van der Waals surface area contributed by atoms with Crippen molar-refractivity contribution in [3.8, 4) is 0 Å². The second kappa shape index (κ2) is 17.4. The summed E-state index contributed by atoms with van der Waals surface area (Å²) < 4.78 is 0. The third-order valence-electron chi connectivity index (χ3n) is 3.79. The van der Waals surface area contributed by atoms with Crippen molar-refractivity contribution in [2.75, 3.05) is 0 Å². The summed E-state index contributed by atoms with van der Waals surface area (Å²) >= 11 is 0. The van der Waals surface area contributed by atoms with Crippen molar-refractivity contribution in [2.24, 2.45) is 11.8 Å². The molecule has 2 rings (SSSR count). The first-order valence-electron chi connectivity index (χ1n) is 7.20. The summed E-state index contributed by atoms with van der Waals surface area (Å²) in [5, 5.41) is 0. The fourth-order valence-corrected chi connectivity index (χ4v) is 2.61. The summed E-state index contributed by atoms with van der Waals surface area (Å²) in [4.78, 5) is 0. The Kier molecular flexibility index (Phi) is 22.6. The van der Waals surface area contributed by atoms with Gasteiger partial charge in [0.1, 0.15) is 0 Å². The van der Waals surface area contributed by atoms with Crippen LogP contribution in [0.2, 0.25) is 0 Å². The van der Waals surface area contributed by atoms with E-state index in [1.54, 1.807) is 6.92 Å². The van der Waals surface area contributed by atoms with Crippen LogP contribution in [0.4, 0.5) is 0 Å². The van der Waals surface area contributed by atoms with E-state index in [9.17, 15) is 0 Å². The number of hydrogen-bond acceptors (Lipinski definition) is 0. The third-order valence-corrected chi connectivity index (χ3v) is 3.79. The molecule has 2 aliphatic rings. The quantitative estimate of drug-likeness (QED) is 0.317.